The Morgan fingerprint density at radius 3 is 2.83 bits per heavy atom. The van der Waals surface area contributed by atoms with Gasteiger partial charge in [0.2, 0.25) is 0 Å². The van der Waals surface area contributed by atoms with Gasteiger partial charge in [-0.2, -0.15) is 5.26 Å². The van der Waals surface area contributed by atoms with E-state index in [-0.39, 0.29) is 11.6 Å². The molecular formula is C12H14N4O2. The first kappa shape index (κ1) is 12.3. The number of methoxy groups -OCH3 is 1. The van der Waals surface area contributed by atoms with Crippen LogP contribution >= 0.6 is 0 Å². The minimum Gasteiger partial charge on any atom is -0.464 e. The second kappa shape index (κ2) is 5.45. The van der Waals surface area contributed by atoms with Gasteiger partial charge in [-0.1, -0.05) is 0 Å². The molecule has 94 valence electrons. The number of nitrogens with zero attached hydrogens (tertiary/aromatic N) is 4. The third kappa shape index (κ3) is 2.56. The molecule has 0 amide bonds. The van der Waals surface area contributed by atoms with Crippen molar-refractivity contribution >= 4 is 11.8 Å². The SMILES string of the molecule is COC(=O)c1cc(N2CCC(C#N)CC2)ncn1. The van der Waals surface area contributed by atoms with Gasteiger partial charge in [0.25, 0.3) is 0 Å². The number of piperidine rings is 1. The summed E-state index contributed by atoms with van der Waals surface area (Å²) < 4.78 is 4.62. The van der Waals surface area contributed by atoms with Gasteiger partial charge in [0, 0.05) is 25.1 Å². The van der Waals surface area contributed by atoms with Gasteiger partial charge in [-0.3, -0.25) is 0 Å². The van der Waals surface area contributed by atoms with Crippen LogP contribution in [0.15, 0.2) is 12.4 Å². The predicted octanol–water partition coefficient (Wildman–Crippen LogP) is 1.00. The zero-order valence-corrected chi connectivity index (χ0v) is 10.2. The van der Waals surface area contributed by atoms with Crippen LogP contribution in [0.25, 0.3) is 0 Å². The summed E-state index contributed by atoms with van der Waals surface area (Å²) in [5.41, 5.74) is 0.255. The number of nitriles is 1. The van der Waals surface area contributed by atoms with Gasteiger partial charge in [-0.15, -0.1) is 0 Å². The zero-order chi connectivity index (χ0) is 13.0. The molecule has 1 fully saturated rings. The Kier molecular flexibility index (Phi) is 3.72. The number of ether oxygens (including phenoxy) is 1. The van der Waals surface area contributed by atoms with Crippen molar-refractivity contribution in [2.45, 2.75) is 12.8 Å². The van der Waals surface area contributed by atoms with E-state index in [4.69, 9.17) is 5.26 Å². The number of hydrogen-bond acceptors (Lipinski definition) is 6. The summed E-state index contributed by atoms with van der Waals surface area (Å²) in [6.45, 7) is 1.55. The standard InChI is InChI=1S/C12H14N4O2/c1-18-12(17)10-6-11(15-8-14-10)16-4-2-9(7-13)3-5-16/h6,8-9H,2-5H2,1H3. The van der Waals surface area contributed by atoms with Crippen molar-refractivity contribution in [3.05, 3.63) is 18.1 Å². The maximum Gasteiger partial charge on any atom is 0.356 e. The summed E-state index contributed by atoms with van der Waals surface area (Å²) in [7, 11) is 1.32. The molecule has 0 aromatic carbocycles. The Balaban J connectivity index is 2.10. The normalized spacial score (nSPS) is 16.1. The highest BCUT2D eigenvalue weighted by molar-refractivity contribution is 5.87. The fraction of sp³-hybridized carbons (Fsp3) is 0.500. The Hall–Kier alpha value is -2.16. The van der Waals surface area contributed by atoms with Crippen LogP contribution in [0.1, 0.15) is 23.3 Å². The van der Waals surface area contributed by atoms with Gasteiger partial charge in [-0.25, -0.2) is 14.8 Å². The maximum atomic E-state index is 11.4. The van der Waals surface area contributed by atoms with Crippen LogP contribution in [-0.4, -0.2) is 36.1 Å². The lowest BCUT2D eigenvalue weighted by Crippen LogP contribution is -2.34. The largest absolute Gasteiger partial charge is 0.464 e. The van der Waals surface area contributed by atoms with Crippen LogP contribution < -0.4 is 4.90 Å². The number of rotatable bonds is 2. The quantitative estimate of drug-likeness (QED) is 0.724. The minimum absolute atomic E-state index is 0.128. The molecule has 0 N–H and O–H groups in total. The topological polar surface area (TPSA) is 79.1 Å². The smallest absolute Gasteiger partial charge is 0.356 e. The van der Waals surface area contributed by atoms with Crippen molar-refractivity contribution in [2.75, 3.05) is 25.1 Å². The number of anilines is 1. The van der Waals surface area contributed by atoms with Gasteiger partial charge in [-0.05, 0) is 12.8 Å². The summed E-state index contributed by atoms with van der Waals surface area (Å²) in [5, 5.41) is 8.84. The van der Waals surface area contributed by atoms with Crippen molar-refractivity contribution in [1.82, 2.24) is 9.97 Å². The first-order valence-corrected chi connectivity index (χ1v) is 5.79. The van der Waals surface area contributed by atoms with E-state index < -0.39 is 5.97 Å². The summed E-state index contributed by atoms with van der Waals surface area (Å²) in [6, 6.07) is 3.90. The molecule has 2 rings (SSSR count). The molecule has 6 nitrogen and oxygen atoms in total. The van der Waals surface area contributed by atoms with E-state index in [0.29, 0.717) is 5.82 Å². The monoisotopic (exact) mass is 246 g/mol. The highest BCUT2D eigenvalue weighted by Crippen LogP contribution is 2.21. The van der Waals surface area contributed by atoms with Crippen molar-refractivity contribution in [3.63, 3.8) is 0 Å². The van der Waals surface area contributed by atoms with Gasteiger partial charge < -0.3 is 9.64 Å². The molecule has 0 unspecified atom stereocenters. The first-order chi connectivity index (χ1) is 8.74. The van der Waals surface area contributed by atoms with Crippen molar-refractivity contribution in [1.29, 1.82) is 5.26 Å². The molecule has 2 heterocycles. The molecule has 1 aromatic rings. The first-order valence-electron chi connectivity index (χ1n) is 5.79. The third-order valence-electron chi connectivity index (χ3n) is 3.05. The van der Waals surface area contributed by atoms with E-state index in [0.717, 1.165) is 25.9 Å². The Morgan fingerprint density at radius 2 is 2.22 bits per heavy atom. The molecule has 6 heteroatoms. The number of carbonyl (C=O) groups is 1. The number of esters is 1. The van der Waals surface area contributed by atoms with Crippen LogP contribution in [0.4, 0.5) is 5.82 Å². The highest BCUT2D eigenvalue weighted by atomic mass is 16.5. The van der Waals surface area contributed by atoms with Gasteiger partial charge in [0.05, 0.1) is 13.2 Å². The van der Waals surface area contributed by atoms with Gasteiger partial charge in [0.1, 0.15) is 12.1 Å². The molecule has 1 saturated heterocycles. The Morgan fingerprint density at radius 1 is 1.50 bits per heavy atom. The summed E-state index contributed by atoms with van der Waals surface area (Å²) in [4.78, 5) is 21.5. The van der Waals surface area contributed by atoms with Crippen LogP contribution in [0.2, 0.25) is 0 Å². The average Bonchev–Trinajstić information content (AvgIpc) is 2.46. The van der Waals surface area contributed by atoms with Crippen molar-refractivity contribution in [2.24, 2.45) is 5.92 Å². The molecule has 1 aliphatic rings. The third-order valence-corrected chi connectivity index (χ3v) is 3.05. The molecule has 0 spiro atoms. The molecular weight excluding hydrogens is 232 g/mol. The van der Waals surface area contributed by atoms with Crippen molar-refractivity contribution in [3.8, 4) is 6.07 Å². The van der Waals surface area contributed by atoms with Gasteiger partial charge in [0.15, 0.2) is 5.69 Å². The summed E-state index contributed by atoms with van der Waals surface area (Å²) >= 11 is 0. The maximum absolute atomic E-state index is 11.4. The lowest BCUT2D eigenvalue weighted by atomic mass is 9.99. The van der Waals surface area contributed by atoms with Gasteiger partial charge >= 0.3 is 5.97 Å². The van der Waals surface area contributed by atoms with E-state index >= 15 is 0 Å². The second-order valence-electron chi connectivity index (χ2n) is 4.14. The van der Waals surface area contributed by atoms with Crippen LogP contribution in [0, 0.1) is 17.2 Å². The summed E-state index contributed by atoms with van der Waals surface area (Å²) in [6.07, 6.45) is 3.01. The fourth-order valence-corrected chi connectivity index (χ4v) is 1.97. The molecule has 1 aliphatic heterocycles. The fourth-order valence-electron chi connectivity index (χ4n) is 1.97. The molecule has 0 saturated carbocycles. The van der Waals surface area contributed by atoms with E-state index in [1.807, 2.05) is 0 Å². The summed E-state index contributed by atoms with van der Waals surface area (Å²) in [5.74, 6) is 0.371. The molecule has 0 bridgehead atoms. The molecule has 0 atom stereocenters. The Bertz CT molecular complexity index is 475. The zero-order valence-electron chi connectivity index (χ0n) is 10.2. The molecule has 0 radical (unpaired) electrons. The lowest BCUT2D eigenvalue weighted by Gasteiger charge is -2.29. The molecule has 18 heavy (non-hydrogen) atoms. The lowest BCUT2D eigenvalue weighted by molar-refractivity contribution is 0.0594. The predicted molar refractivity (Wildman–Crippen MR) is 63.9 cm³/mol. The number of aromatic nitrogens is 2. The number of hydrogen-bond donors (Lipinski definition) is 0. The van der Waals surface area contributed by atoms with E-state index in [9.17, 15) is 4.79 Å². The molecule has 0 aliphatic carbocycles. The van der Waals surface area contributed by atoms with E-state index in [1.165, 1.54) is 13.4 Å². The van der Waals surface area contributed by atoms with E-state index in [2.05, 4.69) is 25.7 Å². The average molecular weight is 246 g/mol. The highest BCUT2D eigenvalue weighted by Gasteiger charge is 2.20. The second-order valence-corrected chi connectivity index (χ2v) is 4.14. The van der Waals surface area contributed by atoms with Crippen LogP contribution in [0.5, 0.6) is 0 Å². The van der Waals surface area contributed by atoms with Crippen LogP contribution in [0.3, 0.4) is 0 Å². The number of carbonyl (C=O) groups excluding carboxylic acids is 1. The minimum atomic E-state index is -0.467. The molecule has 1 aromatic heterocycles. The van der Waals surface area contributed by atoms with Crippen LogP contribution in [-0.2, 0) is 4.74 Å². The Labute approximate surface area is 105 Å². The van der Waals surface area contributed by atoms with Crippen molar-refractivity contribution < 1.29 is 9.53 Å². The van der Waals surface area contributed by atoms with E-state index in [1.54, 1.807) is 6.07 Å².